The van der Waals surface area contributed by atoms with Crippen LogP contribution in [0.15, 0.2) is 22.8 Å². The molecule has 1 atom stereocenters. The fourth-order valence-corrected chi connectivity index (χ4v) is 1.49. The molecule has 0 radical (unpaired) electrons. The van der Waals surface area contributed by atoms with E-state index in [-0.39, 0.29) is 6.10 Å². The van der Waals surface area contributed by atoms with Gasteiger partial charge in [-0.05, 0) is 22.0 Å². The fourth-order valence-electron chi connectivity index (χ4n) is 1.26. The van der Waals surface area contributed by atoms with Gasteiger partial charge in [0.2, 0.25) is 5.88 Å². The van der Waals surface area contributed by atoms with E-state index in [2.05, 4.69) is 20.9 Å². The number of ether oxygens (including phenoxy) is 3. The molecule has 1 unspecified atom stereocenters. The summed E-state index contributed by atoms with van der Waals surface area (Å²) in [7, 11) is 0. The van der Waals surface area contributed by atoms with Gasteiger partial charge in [-0.15, -0.1) is 0 Å². The summed E-state index contributed by atoms with van der Waals surface area (Å²) < 4.78 is 17.1. The first-order valence-corrected chi connectivity index (χ1v) is 5.57. The van der Waals surface area contributed by atoms with E-state index in [9.17, 15) is 0 Å². The summed E-state index contributed by atoms with van der Waals surface area (Å²) in [5.74, 6) is 0.604. The molecule has 0 bridgehead atoms. The monoisotopic (exact) mass is 273 g/mol. The van der Waals surface area contributed by atoms with E-state index in [1.807, 2.05) is 12.1 Å². The normalized spacial score (nSPS) is 21.3. The number of hydrogen-bond donors (Lipinski definition) is 0. The molecule has 2 heterocycles. The lowest BCUT2D eigenvalue weighted by atomic mass is 10.4. The molecule has 1 aliphatic rings. The second kappa shape index (κ2) is 5.44. The molecule has 1 aromatic heterocycles. The van der Waals surface area contributed by atoms with E-state index in [0.717, 1.165) is 4.47 Å². The molecule has 0 saturated carbocycles. The summed E-state index contributed by atoms with van der Waals surface area (Å²) in [6, 6.07) is 3.70. The molecule has 1 aliphatic heterocycles. The third-order valence-corrected chi connectivity index (χ3v) is 2.47. The van der Waals surface area contributed by atoms with Crippen LogP contribution in [0.3, 0.4) is 0 Å². The quantitative estimate of drug-likeness (QED) is 0.840. The molecule has 0 amide bonds. The van der Waals surface area contributed by atoms with Crippen molar-refractivity contribution >= 4 is 15.9 Å². The van der Waals surface area contributed by atoms with Crippen LogP contribution >= 0.6 is 15.9 Å². The van der Waals surface area contributed by atoms with Gasteiger partial charge >= 0.3 is 0 Å². The summed E-state index contributed by atoms with van der Waals surface area (Å²) in [5, 5.41) is 0. The molecule has 82 valence electrons. The van der Waals surface area contributed by atoms with Crippen LogP contribution in [-0.2, 0) is 9.47 Å². The van der Waals surface area contributed by atoms with Gasteiger partial charge in [0.1, 0.15) is 12.7 Å². The minimum Gasteiger partial charge on any atom is -0.475 e. The Labute approximate surface area is 96.7 Å². The molecule has 15 heavy (non-hydrogen) atoms. The Hall–Kier alpha value is -0.650. The van der Waals surface area contributed by atoms with Gasteiger partial charge in [0.05, 0.1) is 19.8 Å². The van der Waals surface area contributed by atoms with Crippen molar-refractivity contribution < 1.29 is 14.2 Å². The second-order valence-corrected chi connectivity index (χ2v) is 4.11. The molecule has 1 saturated heterocycles. The first kappa shape index (κ1) is 10.9. The molecule has 5 heteroatoms. The van der Waals surface area contributed by atoms with Crippen LogP contribution in [0, 0.1) is 0 Å². The standard InChI is InChI=1S/C10H12BrNO3/c11-8-1-2-10(12-5-8)15-7-9-6-13-3-4-14-9/h1-2,5,9H,3-4,6-7H2. The highest BCUT2D eigenvalue weighted by molar-refractivity contribution is 9.10. The zero-order valence-electron chi connectivity index (χ0n) is 8.19. The molecule has 4 nitrogen and oxygen atoms in total. The van der Waals surface area contributed by atoms with Crippen molar-refractivity contribution in [1.29, 1.82) is 0 Å². The number of nitrogens with zero attached hydrogens (tertiary/aromatic N) is 1. The van der Waals surface area contributed by atoms with Gasteiger partial charge in [-0.2, -0.15) is 0 Å². The average molecular weight is 274 g/mol. The van der Waals surface area contributed by atoms with Crippen molar-refractivity contribution in [2.45, 2.75) is 6.10 Å². The Kier molecular flexibility index (Phi) is 3.94. The van der Waals surface area contributed by atoms with E-state index in [4.69, 9.17) is 14.2 Å². The minimum absolute atomic E-state index is 0.0178. The third kappa shape index (κ3) is 3.44. The summed E-state index contributed by atoms with van der Waals surface area (Å²) in [4.78, 5) is 4.10. The van der Waals surface area contributed by atoms with E-state index < -0.39 is 0 Å². The Balaban J connectivity index is 1.79. The smallest absolute Gasteiger partial charge is 0.213 e. The Morgan fingerprint density at radius 3 is 3.07 bits per heavy atom. The van der Waals surface area contributed by atoms with E-state index >= 15 is 0 Å². The third-order valence-electron chi connectivity index (χ3n) is 2.00. The summed E-state index contributed by atoms with van der Waals surface area (Å²) in [6.07, 6.45) is 1.72. The highest BCUT2D eigenvalue weighted by Crippen LogP contribution is 2.13. The van der Waals surface area contributed by atoms with Gasteiger partial charge in [0, 0.05) is 16.7 Å². The second-order valence-electron chi connectivity index (χ2n) is 3.19. The minimum atomic E-state index is 0.0178. The Morgan fingerprint density at radius 2 is 2.40 bits per heavy atom. The molecule has 2 rings (SSSR count). The first-order chi connectivity index (χ1) is 7.34. The van der Waals surface area contributed by atoms with Crippen molar-refractivity contribution in [1.82, 2.24) is 4.98 Å². The Bertz CT molecular complexity index is 298. The van der Waals surface area contributed by atoms with Crippen LogP contribution < -0.4 is 4.74 Å². The van der Waals surface area contributed by atoms with Crippen LogP contribution in [0.1, 0.15) is 0 Å². The van der Waals surface area contributed by atoms with Gasteiger partial charge in [-0.25, -0.2) is 4.98 Å². The average Bonchev–Trinajstić information content (AvgIpc) is 2.30. The largest absolute Gasteiger partial charge is 0.475 e. The van der Waals surface area contributed by atoms with Crippen molar-refractivity contribution in [3.63, 3.8) is 0 Å². The van der Waals surface area contributed by atoms with Crippen LogP contribution in [0.5, 0.6) is 5.88 Å². The summed E-state index contributed by atoms with van der Waals surface area (Å²) in [5.41, 5.74) is 0. The highest BCUT2D eigenvalue weighted by atomic mass is 79.9. The van der Waals surface area contributed by atoms with E-state index in [0.29, 0.717) is 32.3 Å². The maximum absolute atomic E-state index is 5.46. The molecule has 1 fully saturated rings. The summed E-state index contributed by atoms with van der Waals surface area (Å²) in [6.45, 7) is 2.39. The number of hydrogen-bond acceptors (Lipinski definition) is 4. The topological polar surface area (TPSA) is 40.6 Å². The lowest BCUT2D eigenvalue weighted by molar-refractivity contribution is -0.102. The molecular formula is C10H12BrNO3. The lowest BCUT2D eigenvalue weighted by Gasteiger charge is -2.22. The van der Waals surface area contributed by atoms with Crippen LogP contribution in [-0.4, -0.2) is 37.5 Å². The van der Waals surface area contributed by atoms with E-state index in [1.165, 1.54) is 0 Å². The van der Waals surface area contributed by atoms with Gasteiger partial charge in [0.15, 0.2) is 0 Å². The number of halogens is 1. The van der Waals surface area contributed by atoms with Crippen molar-refractivity contribution in [2.75, 3.05) is 26.4 Å². The maximum atomic E-state index is 5.46. The maximum Gasteiger partial charge on any atom is 0.213 e. The SMILES string of the molecule is Brc1ccc(OCC2COCCO2)nc1. The Morgan fingerprint density at radius 1 is 1.47 bits per heavy atom. The van der Waals surface area contributed by atoms with Crippen LogP contribution in [0.4, 0.5) is 0 Å². The predicted molar refractivity (Wildman–Crippen MR) is 58.0 cm³/mol. The van der Waals surface area contributed by atoms with Crippen LogP contribution in [0.25, 0.3) is 0 Å². The summed E-state index contributed by atoms with van der Waals surface area (Å²) >= 11 is 3.31. The molecular weight excluding hydrogens is 262 g/mol. The number of pyridine rings is 1. The highest BCUT2D eigenvalue weighted by Gasteiger charge is 2.14. The molecule has 0 aromatic carbocycles. The number of rotatable bonds is 3. The first-order valence-electron chi connectivity index (χ1n) is 4.78. The fraction of sp³-hybridized carbons (Fsp3) is 0.500. The van der Waals surface area contributed by atoms with Gasteiger partial charge < -0.3 is 14.2 Å². The molecule has 0 spiro atoms. The van der Waals surface area contributed by atoms with Gasteiger partial charge in [-0.3, -0.25) is 0 Å². The zero-order valence-corrected chi connectivity index (χ0v) is 9.77. The zero-order chi connectivity index (χ0) is 10.5. The molecule has 0 N–H and O–H groups in total. The van der Waals surface area contributed by atoms with Crippen molar-refractivity contribution in [2.24, 2.45) is 0 Å². The van der Waals surface area contributed by atoms with E-state index in [1.54, 1.807) is 6.20 Å². The molecule has 1 aromatic rings. The van der Waals surface area contributed by atoms with Gasteiger partial charge in [0.25, 0.3) is 0 Å². The van der Waals surface area contributed by atoms with Crippen molar-refractivity contribution in [3.8, 4) is 5.88 Å². The van der Waals surface area contributed by atoms with Gasteiger partial charge in [-0.1, -0.05) is 0 Å². The van der Waals surface area contributed by atoms with Crippen LogP contribution in [0.2, 0.25) is 0 Å². The predicted octanol–water partition coefficient (Wildman–Crippen LogP) is 1.64. The van der Waals surface area contributed by atoms with Crippen molar-refractivity contribution in [3.05, 3.63) is 22.8 Å². The lowest BCUT2D eigenvalue weighted by Crippen LogP contribution is -2.33. The number of aromatic nitrogens is 1. The molecule has 0 aliphatic carbocycles.